The number of aryl methyl sites for hydroxylation is 2. The molecule has 0 radical (unpaired) electrons. The zero-order valence-corrected chi connectivity index (χ0v) is 17.9. The molecule has 2 fully saturated rings. The predicted octanol–water partition coefficient (Wildman–Crippen LogP) is 3.43. The molecule has 30 heavy (non-hydrogen) atoms. The van der Waals surface area contributed by atoms with E-state index >= 15 is 0 Å². The fourth-order valence-corrected chi connectivity index (χ4v) is 4.58. The fraction of sp³-hybridized carbons (Fsp3) is 0.500. The van der Waals surface area contributed by atoms with Gasteiger partial charge in [0.05, 0.1) is 24.9 Å². The maximum atomic E-state index is 8.89. The molecule has 1 aromatic carbocycles. The second kappa shape index (κ2) is 9.13. The molecule has 3 heterocycles. The summed E-state index contributed by atoms with van der Waals surface area (Å²) in [5.41, 5.74) is 4.31. The van der Waals surface area contributed by atoms with E-state index in [0.717, 1.165) is 44.9 Å². The Morgan fingerprint density at radius 1 is 1.27 bits per heavy atom. The van der Waals surface area contributed by atoms with Gasteiger partial charge in [-0.2, -0.15) is 5.26 Å². The van der Waals surface area contributed by atoms with E-state index in [9.17, 15) is 0 Å². The van der Waals surface area contributed by atoms with Gasteiger partial charge in [-0.25, -0.2) is 4.98 Å². The van der Waals surface area contributed by atoms with Crippen LogP contribution in [0.3, 0.4) is 0 Å². The molecule has 158 valence electrons. The SMILES string of the molecule is Cc1cc(C)cc(CN2CCOC[C@@]3(CC[C@@H](CNc4ccc(C#N)cn4)O3)C2)c1. The largest absolute Gasteiger partial charge is 0.377 e. The third-order valence-electron chi connectivity index (χ3n) is 5.86. The quantitative estimate of drug-likeness (QED) is 0.820. The number of nitriles is 1. The number of pyridine rings is 1. The first-order valence-corrected chi connectivity index (χ1v) is 10.7. The highest BCUT2D eigenvalue weighted by atomic mass is 16.6. The maximum Gasteiger partial charge on any atom is 0.126 e. The average Bonchev–Trinajstić information content (AvgIpc) is 3.01. The summed E-state index contributed by atoms with van der Waals surface area (Å²) in [6.45, 7) is 9.17. The van der Waals surface area contributed by atoms with E-state index < -0.39 is 0 Å². The van der Waals surface area contributed by atoms with E-state index in [4.69, 9.17) is 14.7 Å². The van der Waals surface area contributed by atoms with E-state index in [1.165, 1.54) is 16.7 Å². The zero-order chi connectivity index (χ0) is 21.0. The van der Waals surface area contributed by atoms with E-state index in [-0.39, 0.29) is 11.7 Å². The van der Waals surface area contributed by atoms with Crippen LogP contribution in [-0.2, 0) is 16.0 Å². The Labute approximate surface area is 178 Å². The highest BCUT2D eigenvalue weighted by Crippen LogP contribution is 2.33. The Hall–Kier alpha value is -2.46. The molecule has 2 atom stereocenters. The first-order valence-electron chi connectivity index (χ1n) is 10.7. The average molecular weight is 407 g/mol. The van der Waals surface area contributed by atoms with Gasteiger partial charge < -0.3 is 14.8 Å². The molecule has 2 aliphatic rings. The van der Waals surface area contributed by atoms with Crippen molar-refractivity contribution in [2.45, 2.75) is 44.9 Å². The van der Waals surface area contributed by atoms with Crippen LogP contribution >= 0.6 is 0 Å². The number of benzene rings is 1. The molecule has 0 aliphatic carbocycles. The molecule has 0 bridgehead atoms. The van der Waals surface area contributed by atoms with Crippen LogP contribution in [0.2, 0.25) is 0 Å². The first kappa shape index (κ1) is 20.8. The Morgan fingerprint density at radius 3 is 2.83 bits per heavy atom. The lowest BCUT2D eigenvalue weighted by Crippen LogP contribution is -2.44. The fourth-order valence-electron chi connectivity index (χ4n) is 4.58. The van der Waals surface area contributed by atoms with Gasteiger partial charge in [0.2, 0.25) is 0 Å². The van der Waals surface area contributed by atoms with Gasteiger partial charge in [0.15, 0.2) is 0 Å². The molecule has 2 saturated heterocycles. The van der Waals surface area contributed by atoms with Gasteiger partial charge in [-0.1, -0.05) is 29.3 Å². The van der Waals surface area contributed by atoms with Crippen LogP contribution in [0.4, 0.5) is 5.82 Å². The molecule has 0 amide bonds. The number of nitrogens with zero attached hydrogens (tertiary/aromatic N) is 3. The highest BCUT2D eigenvalue weighted by Gasteiger charge is 2.42. The van der Waals surface area contributed by atoms with Crippen molar-refractivity contribution in [1.82, 2.24) is 9.88 Å². The number of rotatable bonds is 5. The monoisotopic (exact) mass is 406 g/mol. The summed E-state index contributed by atoms with van der Waals surface area (Å²) in [5, 5.41) is 12.2. The number of nitrogens with one attached hydrogen (secondary N) is 1. The van der Waals surface area contributed by atoms with Gasteiger partial charge in [-0.3, -0.25) is 4.90 Å². The van der Waals surface area contributed by atoms with Crippen molar-refractivity contribution in [2.24, 2.45) is 0 Å². The Morgan fingerprint density at radius 2 is 2.10 bits per heavy atom. The summed E-state index contributed by atoms with van der Waals surface area (Å²) in [7, 11) is 0. The van der Waals surface area contributed by atoms with Gasteiger partial charge >= 0.3 is 0 Å². The van der Waals surface area contributed by atoms with Crippen LogP contribution in [0.5, 0.6) is 0 Å². The third kappa shape index (κ3) is 5.17. The number of ether oxygens (including phenoxy) is 2. The van der Waals surface area contributed by atoms with Crippen molar-refractivity contribution in [3.63, 3.8) is 0 Å². The van der Waals surface area contributed by atoms with Crippen molar-refractivity contribution >= 4 is 5.82 Å². The van der Waals surface area contributed by atoms with Crippen LogP contribution in [-0.4, -0.2) is 54.4 Å². The minimum absolute atomic E-state index is 0.132. The molecule has 1 N–H and O–H groups in total. The van der Waals surface area contributed by atoms with Crippen molar-refractivity contribution in [2.75, 3.05) is 38.2 Å². The van der Waals surface area contributed by atoms with E-state index in [1.54, 1.807) is 12.3 Å². The van der Waals surface area contributed by atoms with Crippen LogP contribution < -0.4 is 5.32 Å². The van der Waals surface area contributed by atoms with Gasteiger partial charge in [0.1, 0.15) is 17.5 Å². The number of hydrogen-bond acceptors (Lipinski definition) is 6. The summed E-state index contributed by atoms with van der Waals surface area (Å²) < 4.78 is 12.5. The molecule has 0 unspecified atom stereocenters. The van der Waals surface area contributed by atoms with Crippen LogP contribution in [0.25, 0.3) is 0 Å². The Bertz CT molecular complexity index is 888. The topological polar surface area (TPSA) is 70.4 Å². The molecule has 1 aromatic heterocycles. The molecule has 6 nitrogen and oxygen atoms in total. The molecular formula is C24H30N4O2. The maximum absolute atomic E-state index is 8.89. The predicted molar refractivity (Wildman–Crippen MR) is 116 cm³/mol. The van der Waals surface area contributed by atoms with E-state index in [0.29, 0.717) is 18.7 Å². The van der Waals surface area contributed by atoms with Gasteiger partial charge in [-0.15, -0.1) is 0 Å². The summed E-state index contributed by atoms with van der Waals surface area (Å²) >= 11 is 0. The molecule has 1 spiro atoms. The van der Waals surface area contributed by atoms with Gasteiger partial charge in [-0.05, 0) is 44.4 Å². The lowest BCUT2D eigenvalue weighted by atomic mass is 9.99. The number of anilines is 1. The van der Waals surface area contributed by atoms with Crippen molar-refractivity contribution in [1.29, 1.82) is 5.26 Å². The Kier molecular flexibility index (Phi) is 6.33. The van der Waals surface area contributed by atoms with Crippen LogP contribution in [0.15, 0.2) is 36.5 Å². The smallest absolute Gasteiger partial charge is 0.126 e. The van der Waals surface area contributed by atoms with Gasteiger partial charge in [0, 0.05) is 32.4 Å². The molecule has 6 heteroatoms. The summed E-state index contributed by atoms with van der Waals surface area (Å²) in [6, 6.07) is 12.5. The molecule has 4 rings (SSSR count). The van der Waals surface area contributed by atoms with E-state index in [2.05, 4.69) is 53.3 Å². The number of hydrogen-bond donors (Lipinski definition) is 1. The lowest BCUT2D eigenvalue weighted by molar-refractivity contribution is -0.0826. The van der Waals surface area contributed by atoms with Crippen molar-refractivity contribution < 1.29 is 9.47 Å². The van der Waals surface area contributed by atoms with Crippen molar-refractivity contribution in [3.05, 3.63) is 58.8 Å². The van der Waals surface area contributed by atoms with Gasteiger partial charge in [0.25, 0.3) is 0 Å². The van der Waals surface area contributed by atoms with Crippen LogP contribution in [0, 0.1) is 25.2 Å². The third-order valence-corrected chi connectivity index (χ3v) is 5.86. The second-order valence-corrected chi connectivity index (χ2v) is 8.65. The molecule has 2 aromatic rings. The summed E-state index contributed by atoms with van der Waals surface area (Å²) in [6.07, 6.45) is 3.73. The van der Waals surface area contributed by atoms with Crippen LogP contribution in [0.1, 0.15) is 35.1 Å². The minimum Gasteiger partial charge on any atom is -0.377 e. The lowest BCUT2D eigenvalue weighted by Gasteiger charge is -2.32. The molecular weight excluding hydrogens is 376 g/mol. The zero-order valence-electron chi connectivity index (χ0n) is 17.9. The second-order valence-electron chi connectivity index (χ2n) is 8.65. The molecule has 2 aliphatic heterocycles. The summed E-state index contributed by atoms with van der Waals surface area (Å²) in [4.78, 5) is 6.75. The normalized spacial score (nSPS) is 24.5. The minimum atomic E-state index is -0.236. The Balaban J connectivity index is 1.35. The summed E-state index contributed by atoms with van der Waals surface area (Å²) in [5.74, 6) is 0.770. The standard InChI is InChI=1S/C24H30N4O2/c1-18-9-19(2)11-21(10-18)15-28-7-8-29-17-24(16-28)6-5-22(30-24)14-27-23-4-3-20(12-25)13-26-23/h3-4,9-11,13,22H,5-8,14-17H2,1-2H3,(H,26,27)/t22-,24+/m0/s1. The van der Waals surface area contributed by atoms with Crippen molar-refractivity contribution in [3.8, 4) is 6.07 Å². The number of aromatic nitrogens is 1. The van der Waals surface area contributed by atoms with E-state index in [1.807, 2.05) is 6.07 Å². The highest BCUT2D eigenvalue weighted by molar-refractivity contribution is 5.39. The first-order chi connectivity index (χ1) is 14.5. The molecule has 0 saturated carbocycles.